The first kappa shape index (κ1) is 13.1. The third kappa shape index (κ3) is 1.30. The van der Waals surface area contributed by atoms with E-state index in [-0.39, 0.29) is 5.60 Å². The minimum absolute atomic E-state index is 0.0851. The maximum atomic E-state index is 6.39. The molecule has 17 heavy (non-hydrogen) atoms. The van der Waals surface area contributed by atoms with Gasteiger partial charge in [0, 0.05) is 5.41 Å². The molecule has 1 nitrogen and oxygen atoms in total. The summed E-state index contributed by atoms with van der Waals surface area (Å²) in [4.78, 5) is 0. The summed E-state index contributed by atoms with van der Waals surface area (Å²) < 4.78 is 6.39. The van der Waals surface area contributed by atoms with Crippen LogP contribution in [0.25, 0.3) is 0 Å². The van der Waals surface area contributed by atoms with E-state index in [1.54, 1.807) is 0 Å². The van der Waals surface area contributed by atoms with Crippen molar-refractivity contribution in [1.82, 2.24) is 0 Å². The highest BCUT2D eigenvalue weighted by Crippen LogP contribution is 2.70. The Morgan fingerprint density at radius 3 is 2.18 bits per heavy atom. The van der Waals surface area contributed by atoms with E-state index in [1.165, 1.54) is 5.57 Å². The molecule has 1 aliphatic carbocycles. The molecule has 1 aliphatic heterocycles. The third-order valence-corrected chi connectivity index (χ3v) is 5.91. The molecule has 0 spiro atoms. The molecule has 0 aromatic heterocycles. The van der Waals surface area contributed by atoms with Crippen LogP contribution in [0.1, 0.15) is 48.0 Å². The van der Waals surface area contributed by atoms with E-state index in [0.717, 1.165) is 18.9 Å². The van der Waals surface area contributed by atoms with Crippen molar-refractivity contribution in [2.24, 2.45) is 29.1 Å². The summed E-state index contributed by atoms with van der Waals surface area (Å²) >= 11 is 0. The number of rotatable bonds is 2. The maximum absolute atomic E-state index is 6.39. The van der Waals surface area contributed by atoms with E-state index in [0.29, 0.717) is 23.2 Å². The molecule has 0 amide bonds. The van der Waals surface area contributed by atoms with Crippen LogP contribution in [0.3, 0.4) is 0 Å². The van der Waals surface area contributed by atoms with Crippen LogP contribution >= 0.6 is 0 Å². The molecule has 98 valence electrons. The molecule has 0 aromatic rings. The highest BCUT2D eigenvalue weighted by Gasteiger charge is 2.72. The first-order valence-corrected chi connectivity index (χ1v) is 7.11. The smallest absolute Gasteiger partial charge is 0.0801 e. The Hall–Kier alpha value is -0.300. The maximum Gasteiger partial charge on any atom is 0.0801 e. The van der Waals surface area contributed by atoms with Gasteiger partial charge in [0.1, 0.15) is 0 Å². The van der Waals surface area contributed by atoms with Crippen LogP contribution in [0, 0.1) is 29.1 Å². The Balaban J connectivity index is 2.49. The highest BCUT2D eigenvalue weighted by molar-refractivity contribution is 5.25. The molecule has 1 saturated carbocycles. The van der Waals surface area contributed by atoms with Crippen molar-refractivity contribution >= 4 is 0 Å². The first-order valence-electron chi connectivity index (χ1n) is 7.11. The molecule has 1 heteroatoms. The standard InChI is InChI=1S/C16H28O/c1-10(2)15-8-12(5)9-17-16(15,11(3)4)14(7)13(15)6/h10-11,13-14H,5,8-9H2,1-4,6-7H3/t13?,14?,15-,16-/m1/s1. The topological polar surface area (TPSA) is 9.23 Å². The average Bonchev–Trinajstić information content (AvgIpc) is 2.26. The van der Waals surface area contributed by atoms with Crippen LogP contribution in [0.4, 0.5) is 0 Å². The summed E-state index contributed by atoms with van der Waals surface area (Å²) in [6, 6.07) is 0. The lowest BCUT2D eigenvalue weighted by Gasteiger charge is -2.73. The van der Waals surface area contributed by atoms with E-state index in [1.807, 2.05) is 0 Å². The lowest BCUT2D eigenvalue weighted by molar-refractivity contribution is -0.327. The molecule has 1 heterocycles. The van der Waals surface area contributed by atoms with Gasteiger partial charge in [0.05, 0.1) is 12.2 Å². The van der Waals surface area contributed by atoms with Crippen molar-refractivity contribution in [2.75, 3.05) is 6.61 Å². The van der Waals surface area contributed by atoms with Gasteiger partial charge in [-0.05, 0) is 30.1 Å². The molecular formula is C16H28O. The molecule has 2 unspecified atom stereocenters. The fourth-order valence-corrected chi connectivity index (χ4v) is 5.16. The molecule has 2 rings (SSSR count). The monoisotopic (exact) mass is 236 g/mol. The predicted octanol–water partition coefficient (Wildman–Crippen LogP) is 4.29. The van der Waals surface area contributed by atoms with Gasteiger partial charge in [-0.2, -0.15) is 0 Å². The molecule has 0 N–H and O–H groups in total. The molecule has 0 aromatic carbocycles. The zero-order chi connectivity index (χ0) is 13.0. The van der Waals surface area contributed by atoms with Crippen LogP contribution in [0.5, 0.6) is 0 Å². The van der Waals surface area contributed by atoms with Crippen molar-refractivity contribution < 1.29 is 4.74 Å². The lowest BCUT2D eigenvalue weighted by atomic mass is 9.36. The predicted molar refractivity (Wildman–Crippen MR) is 72.9 cm³/mol. The van der Waals surface area contributed by atoms with Gasteiger partial charge in [0.2, 0.25) is 0 Å². The number of ether oxygens (including phenoxy) is 1. The minimum Gasteiger partial charge on any atom is -0.370 e. The van der Waals surface area contributed by atoms with Crippen molar-refractivity contribution in [3.8, 4) is 0 Å². The van der Waals surface area contributed by atoms with E-state index in [4.69, 9.17) is 4.74 Å². The Morgan fingerprint density at radius 2 is 1.71 bits per heavy atom. The normalized spacial score (nSPS) is 46.0. The second-order valence-electron chi connectivity index (χ2n) is 6.94. The van der Waals surface area contributed by atoms with Crippen molar-refractivity contribution in [1.29, 1.82) is 0 Å². The van der Waals surface area contributed by atoms with Gasteiger partial charge >= 0.3 is 0 Å². The van der Waals surface area contributed by atoms with Crippen molar-refractivity contribution in [2.45, 2.75) is 53.6 Å². The van der Waals surface area contributed by atoms with Gasteiger partial charge in [-0.15, -0.1) is 0 Å². The number of fused-ring (bicyclic) bond motifs is 1. The summed E-state index contributed by atoms with van der Waals surface area (Å²) in [5.41, 5.74) is 1.69. The van der Waals surface area contributed by atoms with Gasteiger partial charge < -0.3 is 4.74 Å². The summed E-state index contributed by atoms with van der Waals surface area (Å²) in [6.45, 7) is 19.1. The van der Waals surface area contributed by atoms with Crippen LogP contribution in [-0.2, 0) is 4.74 Å². The minimum atomic E-state index is 0.0851. The highest BCUT2D eigenvalue weighted by atomic mass is 16.5. The van der Waals surface area contributed by atoms with Crippen LogP contribution < -0.4 is 0 Å². The summed E-state index contributed by atoms with van der Waals surface area (Å²) in [7, 11) is 0. The first-order chi connectivity index (χ1) is 7.80. The van der Waals surface area contributed by atoms with Gasteiger partial charge in [-0.3, -0.25) is 0 Å². The number of hydrogen-bond acceptors (Lipinski definition) is 1. The van der Waals surface area contributed by atoms with Gasteiger partial charge in [-0.1, -0.05) is 53.7 Å². The van der Waals surface area contributed by atoms with E-state index >= 15 is 0 Å². The fourth-order valence-electron chi connectivity index (χ4n) is 5.16. The van der Waals surface area contributed by atoms with Crippen LogP contribution in [0.2, 0.25) is 0 Å². The molecule has 1 saturated heterocycles. The van der Waals surface area contributed by atoms with Gasteiger partial charge in [0.15, 0.2) is 0 Å². The SMILES string of the molecule is C=C1CO[C@]2(C(C)C)C(C)C(C)[C@]2(C(C)C)C1. The zero-order valence-electron chi connectivity index (χ0n) is 12.3. The Kier molecular flexibility index (Phi) is 2.97. The Labute approximate surface area is 107 Å². The molecule has 2 aliphatic rings. The quantitative estimate of drug-likeness (QED) is 0.650. The Morgan fingerprint density at radius 1 is 1.12 bits per heavy atom. The second kappa shape index (κ2) is 3.85. The fraction of sp³-hybridized carbons (Fsp3) is 0.875. The van der Waals surface area contributed by atoms with Crippen LogP contribution in [-0.4, -0.2) is 12.2 Å². The lowest BCUT2D eigenvalue weighted by Crippen LogP contribution is -2.76. The summed E-state index contributed by atoms with van der Waals surface area (Å²) in [5, 5.41) is 0. The van der Waals surface area contributed by atoms with E-state index in [2.05, 4.69) is 48.1 Å². The van der Waals surface area contributed by atoms with Crippen molar-refractivity contribution in [3.63, 3.8) is 0 Å². The second-order valence-corrected chi connectivity index (χ2v) is 6.94. The molecule has 0 bridgehead atoms. The largest absolute Gasteiger partial charge is 0.370 e. The number of hydrogen-bond donors (Lipinski definition) is 0. The van der Waals surface area contributed by atoms with Crippen molar-refractivity contribution in [3.05, 3.63) is 12.2 Å². The van der Waals surface area contributed by atoms with Crippen LogP contribution in [0.15, 0.2) is 12.2 Å². The van der Waals surface area contributed by atoms with E-state index < -0.39 is 0 Å². The van der Waals surface area contributed by atoms with E-state index in [9.17, 15) is 0 Å². The summed E-state index contributed by atoms with van der Waals surface area (Å²) in [5.74, 6) is 2.65. The third-order valence-electron chi connectivity index (χ3n) is 5.91. The Bertz CT molecular complexity index is 330. The molecule has 4 atom stereocenters. The van der Waals surface area contributed by atoms with Gasteiger partial charge in [-0.25, -0.2) is 0 Å². The molecule has 0 radical (unpaired) electrons. The average molecular weight is 236 g/mol. The van der Waals surface area contributed by atoms with Gasteiger partial charge in [0.25, 0.3) is 0 Å². The summed E-state index contributed by atoms with van der Waals surface area (Å²) in [6.07, 6.45) is 1.16. The zero-order valence-corrected chi connectivity index (χ0v) is 12.3. The molecule has 2 fully saturated rings. The molecular weight excluding hydrogens is 208 g/mol.